The smallest absolute Gasteiger partial charge is 0.308 e. The SMILES string of the molecule is CCCCCCCCCCCCCCCCC(CCCCC)C(=O)OCCCCCCCCC. The van der Waals surface area contributed by atoms with Crippen molar-refractivity contribution in [2.24, 2.45) is 5.92 Å². The minimum absolute atomic E-state index is 0.0942. The normalized spacial score (nSPS) is 12.2. The molecule has 0 aromatic heterocycles. The van der Waals surface area contributed by atoms with Crippen LogP contribution in [0.25, 0.3) is 0 Å². The molecule has 0 fully saturated rings. The van der Waals surface area contributed by atoms with Gasteiger partial charge < -0.3 is 4.74 Å². The summed E-state index contributed by atoms with van der Waals surface area (Å²) < 4.78 is 5.69. The maximum absolute atomic E-state index is 12.7. The van der Waals surface area contributed by atoms with Crippen molar-refractivity contribution >= 4 is 5.97 Å². The molecule has 0 saturated carbocycles. The van der Waals surface area contributed by atoms with E-state index >= 15 is 0 Å². The van der Waals surface area contributed by atoms with Gasteiger partial charge in [-0.05, 0) is 19.3 Å². The summed E-state index contributed by atoms with van der Waals surface area (Å²) in [5.74, 6) is 0.241. The lowest BCUT2D eigenvalue weighted by Crippen LogP contribution is -2.18. The van der Waals surface area contributed by atoms with Crippen LogP contribution >= 0.6 is 0 Å². The van der Waals surface area contributed by atoms with Gasteiger partial charge in [0.05, 0.1) is 12.5 Å². The molecule has 0 aliphatic rings. The van der Waals surface area contributed by atoms with Crippen LogP contribution in [0.1, 0.15) is 188 Å². The molecule has 0 bridgehead atoms. The van der Waals surface area contributed by atoms with E-state index in [-0.39, 0.29) is 11.9 Å². The molecule has 0 saturated heterocycles. The molecule has 0 aromatic carbocycles. The third-order valence-corrected chi connectivity index (χ3v) is 7.39. The first-order valence-corrected chi connectivity index (χ1v) is 15.9. The van der Waals surface area contributed by atoms with Gasteiger partial charge in [-0.15, -0.1) is 0 Å². The van der Waals surface area contributed by atoms with E-state index in [0.29, 0.717) is 6.61 Å². The summed E-state index contributed by atoms with van der Waals surface area (Å²) in [5, 5.41) is 0. The number of hydrogen-bond acceptors (Lipinski definition) is 2. The van der Waals surface area contributed by atoms with Gasteiger partial charge >= 0.3 is 5.97 Å². The van der Waals surface area contributed by atoms with Crippen molar-refractivity contribution in [3.8, 4) is 0 Å². The highest BCUT2D eigenvalue weighted by Crippen LogP contribution is 2.21. The molecule has 2 heteroatoms. The quantitative estimate of drug-likeness (QED) is 0.0821. The Morgan fingerprint density at radius 3 is 1.15 bits per heavy atom. The maximum Gasteiger partial charge on any atom is 0.308 e. The van der Waals surface area contributed by atoms with Crippen LogP contribution in [0.15, 0.2) is 0 Å². The first-order chi connectivity index (χ1) is 16.8. The lowest BCUT2D eigenvalue weighted by molar-refractivity contribution is -0.149. The van der Waals surface area contributed by atoms with E-state index in [1.165, 1.54) is 148 Å². The van der Waals surface area contributed by atoms with E-state index in [1.807, 2.05) is 0 Å². The monoisotopic (exact) mass is 480 g/mol. The van der Waals surface area contributed by atoms with Gasteiger partial charge in [0, 0.05) is 0 Å². The molecule has 0 amide bonds. The zero-order valence-electron chi connectivity index (χ0n) is 24.0. The van der Waals surface area contributed by atoms with Crippen LogP contribution in [0.4, 0.5) is 0 Å². The lowest BCUT2D eigenvalue weighted by atomic mass is 9.94. The molecule has 0 heterocycles. The molecule has 204 valence electrons. The second kappa shape index (κ2) is 28.7. The highest BCUT2D eigenvalue weighted by atomic mass is 16.5. The molecular formula is C32H64O2. The van der Waals surface area contributed by atoms with Crippen LogP contribution in [0.3, 0.4) is 0 Å². The number of ether oxygens (including phenoxy) is 1. The van der Waals surface area contributed by atoms with E-state index in [2.05, 4.69) is 20.8 Å². The zero-order valence-corrected chi connectivity index (χ0v) is 24.0. The Morgan fingerprint density at radius 2 is 0.735 bits per heavy atom. The van der Waals surface area contributed by atoms with Gasteiger partial charge in [-0.2, -0.15) is 0 Å². The van der Waals surface area contributed by atoms with Crippen molar-refractivity contribution in [3.63, 3.8) is 0 Å². The van der Waals surface area contributed by atoms with Crippen molar-refractivity contribution in [2.75, 3.05) is 6.61 Å². The van der Waals surface area contributed by atoms with Gasteiger partial charge in [0.25, 0.3) is 0 Å². The number of hydrogen-bond donors (Lipinski definition) is 0. The average molecular weight is 481 g/mol. The van der Waals surface area contributed by atoms with Gasteiger partial charge in [-0.25, -0.2) is 0 Å². The standard InChI is InChI=1S/C32H64O2/c1-4-7-10-12-14-15-16-17-18-19-20-21-23-26-29-31(28-25-9-6-3)32(33)34-30-27-24-22-13-11-8-5-2/h31H,4-30H2,1-3H3. The molecular weight excluding hydrogens is 416 g/mol. The Balaban J connectivity index is 3.73. The predicted octanol–water partition coefficient (Wildman–Crippen LogP) is 11.3. The van der Waals surface area contributed by atoms with Gasteiger partial charge in [0.15, 0.2) is 0 Å². The summed E-state index contributed by atoms with van der Waals surface area (Å²) >= 11 is 0. The topological polar surface area (TPSA) is 26.3 Å². The molecule has 0 aromatic rings. The Labute approximate surface area is 215 Å². The lowest BCUT2D eigenvalue weighted by Gasteiger charge is -2.16. The molecule has 34 heavy (non-hydrogen) atoms. The van der Waals surface area contributed by atoms with Crippen molar-refractivity contribution in [1.29, 1.82) is 0 Å². The summed E-state index contributed by atoms with van der Waals surface area (Å²) in [4.78, 5) is 12.7. The van der Waals surface area contributed by atoms with Crippen molar-refractivity contribution < 1.29 is 9.53 Å². The fourth-order valence-electron chi connectivity index (χ4n) is 4.96. The summed E-state index contributed by atoms with van der Waals surface area (Å²) in [7, 11) is 0. The number of esters is 1. The number of carbonyl (C=O) groups is 1. The highest BCUT2D eigenvalue weighted by Gasteiger charge is 2.19. The van der Waals surface area contributed by atoms with Crippen LogP contribution < -0.4 is 0 Å². The second-order valence-electron chi connectivity index (χ2n) is 10.9. The van der Waals surface area contributed by atoms with Crippen LogP contribution in [0.2, 0.25) is 0 Å². The van der Waals surface area contributed by atoms with E-state index in [4.69, 9.17) is 4.74 Å². The number of unbranched alkanes of at least 4 members (excludes halogenated alkanes) is 21. The third-order valence-electron chi connectivity index (χ3n) is 7.39. The third kappa shape index (κ3) is 24.6. The Morgan fingerprint density at radius 1 is 0.441 bits per heavy atom. The van der Waals surface area contributed by atoms with Crippen molar-refractivity contribution in [3.05, 3.63) is 0 Å². The molecule has 0 radical (unpaired) electrons. The highest BCUT2D eigenvalue weighted by molar-refractivity contribution is 5.72. The minimum Gasteiger partial charge on any atom is -0.465 e. The van der Waals surface area contributed by atoms with Crippen LogP contribution in [-0.2, 0) is 9.53 Å². The van der Waals surface area contributed by atoms with E-state index < -0.39 is 0 Å². The molecule has 2 nitrogen and oxygen atoms in total. The molecule has 0 rings (SSSR count). The van der Waals surface area contributed by atoms with Gasteiger partial charge in [0.1, 0.15) is 0 Å². The summed E-state index contributed by atoms with van der Waals surface area (Å²) in [6.07, 6.45) is 34.0. The zero-order chi connectivity index (χ0) is 25.0. The van der Waals surface area contributed by atoms with Crippen molar-refractivity contribution in [1.82, 2.24) is 0 Å². The van der Waals surface area contributed by atoms with Gasteiger partial charge in [-0.3, -0.25) is 4.79 Å². The summed E-state index contributed by atoms with van der Waals surface area (Å²) in [5.41, 5.74) is 0. The first-order valence-electron chi connectivity index (χ1n) is 15.9. The molecule has 1 atom stereocenters. The predicted molar refractivity (Wildman–Crippen MR) is 152 cm³/mol. The van der Waals surface area contributed by atoms with E-state index in [1.54, 1.807) is 0 Å². The van der Waals surface area contributed by atoms with E-state index in [0.717, 1.165) is 19.3 Å². The van der Waals surface area contributed by atoms with Crippen LogP contribution in [-0.4, -0.2) is 12.6 Å². The minimum atomic E-state index is 0.0942. The Kier molecular flexibility index (Phi) is 28.3. The Hall–Kier alpha value is -0.530. The maximum atomic E-state index is 12.7. The molecule has 0 aliphatic carbocycles. The van der Waals surface area contributed by atoms with Crippen LogP contribution in [0.5, 0.6) is 0 Å². The summed E-state index contributed by atoms with van der Waals surface area (Å²) in [6.45, 7) is 7.42. The first kappa shape index (κ1) is 33.5. The summed E-state index contributed by atoms with van der Waals surface area (Å²) in [6, 6.07) is 0. The second-order valence-corrected chi connectivity index (χ2v) is 10.9. The average Bonchev–Trinajstić information content (AvgIpc) is 2.84. The van der Waals surface area contributed by atoms with Gasteiger partial charge in [0.2, 0.25) is 0 Å². The fraction of sp³-hybridized carbons (Fsp3) is 0.969. The molecule has 1 unspecified atom stereocenters. The molecule has 0 aliphatic heterocycles. The number of carbonyl (C=O) groups excluding carboxylic acids is 1. The Bertz CT molecular complexity index is 392. The van der Waals surface area contributed by atoms with E-state index in [9.17, 15) is 4.79 Å². The number of rotatable bonds is 28. The van der Waals surface area contributed by atoms with Crippen molar-refractivity contribution in [2.45, 2.75) is 188 Å². The van der Waals surface area contributed by atoms with Crippen LogP contribution in [0, 0.1) is 5.92 Å². The fourth-order valence-corrected chi connectivity index (χ4v) is 4.96. The largest absolute Gasteiger partial charge is 0.465 e. The van der Waals surface area contributed by atoms with Gasteiger partial charge in [-0.1, -0.05) is 168 Å². The molecule has 0 N–H and O–H groups in total. The molecule has 0 spiro atoms.